The van der Waals surface area contributed by atoms with Crippen molar-refractivity contribution >= 4 is 46.4 Å². The zero-order valence-corrected chi connectivity index (χ0v) is 17.9. The van der Waals surface area contributed by atoms with E-state index in [1.54, 1.807) is 48.2 Å². The molecule has 1 aliphatic rings. The molecule has 0 saturated heterocycles. The van der Waals surface area contributed by atoms with Crippen molar-refractivity contribution in [3.8, 4) is 11.5 Å². The van der Waals surface area contributed by atoms with Crippen LogP contribution in [0.15, 0.2) is 36.4 Å². The number of halogens is 2. The van der Waals surface area contributed by atoms with E-state index in [0.29, 0.717) is 45.4 Å². The molecule has 1 atom stereocenters. The van der Waals surface area contributed by atoms with Crippen molar-refractivity contribution in [1.82, 2.24) is 0 Å². The van der Waals surface area contributed by atoms with Crippen LogP contribution in [-0.4, -0.2) is 31.1 Å². The fourth-order valence-corrected chi connectivity index (χ4v) is 3.36. The van der Waals surface area contributed by atoms with E-state index in [1.165, 1.54) is 0 Å². The molecule has 29 heavy (non-hydrogen) atoms. The molecular weight excluding hydrogens is 415 g/mol. The van der Waals surface area contributed by atoms with Gasteiger partial charge in [-0.15, -0.1) is 0 Å². The topological polar surface area (TPSA) is 67.9 Å². The molecule has 0 spiro atoms. The first-order valence-electron chi connectivity index (χ1n) is 9.24. The molecule has 1 heterocycles. The molecule has 1 aliphatic heterocycles. The molecule has 0 radical (unpaired) electrons. The number of benzene rings is 2. The predicted molar refractivity (Wildman–Crippen MR) is 114 cm³/mol. The van der Waals surface area contributed by atoms with Crippen LogP contribution in [0.5, 0.6) is 11.5 Å². The summed E-state index contributed by atoms with van der Waals surface area (Å²) in [5, 5.41) is 3.61. The zero-order chi connectivity index (χ0) is 21.1. The number of amides is 2. The molecule has 2 aromatic carbocycles. The minimum Gasteiger partial charge on any atom is -0.482 e. The fourth-order valence-electron chi connectivity index (χ4n) is 2.90. The molecule has 2 aromatic rings. The third-order valence-electron chi connectivity index (χ3n) is 4.28. The molecule has 1 N–H and O–H groups in total. The van der Waals surface area contributed by atoms with Gasteiger partial charge in [0, 0.05) is 17.3 Å². The highest BCUT2D eigenvalue weighted by molar-refractivity contribution is 6.35. The maximum absolute atomic E-state index is 12.6. The van der Waals surface area contributed by atoms with E-state index in [4.69, 9.17) is 32.7 Å². The van der Waals surface area contributed by atoms with Gasteiger partial charge in [-0.2, -0.15) is 0 Å². The van der Waals surface area contributed by atoms with E-state index in [1.807, 2.05) is 13.8 Å². The highest BCUT2D eigenvalue weighted by Gasteiger charge is 2.27. The monoisotopic (exact) mass is 436 g/mol. The largest absolute Gasteiger partial charge is 0.482 e. The summed E-state index contributed by atoms with van der Waals surface area (Å²) in [6.07, 6.45) is -0.797. The van der Waals surface area contributed by atoms with Gasteiger partial charge >= 0.3 is 0 Å². The zero-order valence-electron chi connectivity index (χ0n) is 16.4. The Morgan fingerprint density at radius 1 is 1.21 bits per heavy atom. The molecule has 1 unspecified atom stereocenters. The molecule has 2 amide bonds. The number of carbonyl (C=O) groups is 2. The minimum absolute atomic E-state index is 0.0121. The minimum atomic E-state index is -0.797. The second-order valence-corrected chi connectivity index (χ2v) is 8.04. The second kappa shape index (κ2) is 8.93. The molecule has 3 rings (SSSR count). The summed E-state index contributed by atoms with van der Waals surface area (Å²) in [6, 6.07) is 9.99. The molecule has 6 nitrogen and oxygen atoms in total. The standard InChI is InChI=1S/C21H22Cl2N2O4/c1-12(2)10-25-17-9-15(5-7-19(17)28-11-20(25)26)24-21(27)13(3)29-18-6-4-14(22)8-16(18)23/h4-9,12-13H,10-11H2,1-3H3,(H,24,27). The molecule has 0 bridgehead atoms. The second-order valence-electron chi connectivity index (χ2n) is 7.19. The van der Waals surface area contributed by atoms with Crippen molar-refractivity contribution in [1.29, 1.82) is 0 Å². The van der Waals surface area contributed by atoms with Gasteiger partial charge in [-0.1, -0.05) is 37.0 Å². The average Bonchev–Trinajstić information content (AvgIpc) is 2.66. The third-order valence-corrected chi connectivity index (χ3v) is 4.81. The van der Waals surface area contributed by atoms with Gasteiger partial charge in [0.15, 0.2) is 12.7 Å². The Labute approximate surface area is 179 Å². The first-order valence-corrected chi connectivity index (χ1v) is 10.00. The van der Waals surface area contributed by atoms with Crippen molar-refractivity contribution in [2.45, 2.75) is 26.9 Å². The summed E-state index contributed by atoms with van der Waals surface area (Å²) in [5.41, 5.74) is 1.18. The maximum Gasteiger partial charge on any atom is 0.265 e. The maximum atomic E-state index is 12.6. The Kier molecular flexibility index (Phi) is 6.55. The SMILES string of the molecule is CC(C)CN1C(=O)COc2ccc(NC(=O)C(C)Oc3ccc(Cl)cc3Cl)cc21. The fraction of sp³-hybridized carbons (Fsp3) is 0.333. The third kappa shape index (κ3) is 5.14. The Balaban J connectivity index is 1.73. The van der Waals surface area contributed by atoms with Gasteiger partial charge in [0.2, 0.25) is 0 Å². The number of rotatable bonds is 6. The molecule has 8 heteroatoms. The first-order chi connectivity index (χ1) is 13.7. The Hall–Kier alpha value is -2.44. The van der Waals surface area contributed by atoms with Crippen LogP contribution in [0.1, 0.15) is 20.8 Å². The quantitative estimate of drug-likeness (QED) is 0.707. The van der Waals surface area contributed by atoms with Crippen molar-refractivity contribution in [3.63, 3.8) is 0 Å². The van der Waals surface area contributed by atoms with Crippen molar-refractivity contribution in [3.05, 3.63) is 46.4 Å². The van der Waals surface area contributed by atoms with Gasteiger partial charge in [-0.05, 0) is 49.2 Å². The van der Waals surface area contributed by atoms with Crippen LogP contribution in [0.3, 0.4) is 0 Å². The van der Waals surface area contributed by atoms with E-state index in [-0.39, 0.29) is 18.4 Å². The summed E-state index contributed by atoms with van der Waals surface area (Å²) in [5.74, 6) is 0.811. The normalized spacial score (nSPS) is 14.3. The Morgan fingerprint density at radius 3 is 2.66 bits per heavy atom. The lowest BCUT2D eigenvalue weighted by molar-refractivity contribution is -0.122. The summed E-state index contributed by atoms with van der Waals surface area (Å²) < 4.78 is 11.1. The van der Waals surface area contributed by atoms with Crippen LogP contribution in [0, 0.1) is 5.92 Å². The summed E-state index contributed by atoms with van der Waals surface area (Å²) in [6.45, 7) is 6.28. The molecule has 154 valence electrons. The van der Waals surface area contributed by atoms with Crippen LogP contribution in [0.4, 0.5) is 11.4 Å². The van der Waals surface area contributed by atoms with Gasteiger partial charge < -0.3 is 19.7 Å². The first kappa shape index (κ1) is 21.3. The molecule has 0 aromatic heterocycles. The van der Waals surface area contributed by atoms with E-state index >= 15 is 0 Å². The number of anilines is 2. The number of hydrogen-bond acceptors (Lipinski definition) is 4. The Morgan fingerprint density at radius 2 is 1.97 bits per heavy atom. The lowest BCUT2D eigenvalue weighted by atomic mass is 10.1. The molecular formula is C21H22Cl2N2O4. The average molecular weight is 437 g/mol. The molecule has 0 fully saturated rings. The highest BCUT2D eigenvalue weighted by atomic mass is 35.5. The number of ether oxygens (including phenoxy) is 2. The highest BCUT2D eigenvalue weighted by Crippen LogP contribution is 2.35. The van der Waals surface area contributed by atoms with Gasteiger partial charge in [0.1, 0.15) is 11.5 Å². The number of fused-ring (bicyclic) bond motifs is 1. The predicted octanol–water partition coefficient (Wildman–Crippen LogP) is 4.78. The summed E-state index contributed by atoms with van der Waals surface area (Å²) in [4.78, 5) is 26.5. The number of nitrogens with zero attached hydrogens (tertiary/aromatic N) is 1. The van der Waals surface area contributed by atoms with E-state index in [9.17, 15) is 9.59 Å². The summed E-state index contributed by atoms with van der Waals surface area (Å²) >= 11 is 12.0. The van der Waals surface area contributed by atoms with Gasteiger partial charge in [-0.3, -0.25) is 9.59 Å². The van der Waals surface area contributed by atoms with Crippen molar-refractivity contribution < 1.29 is 19.1 Å². The molecule has 0 saturated carbocycles. The van der Waals surface area contributed by atoms with Crippen LogP contribution >= 0.6 is 23.2 Å². The Bertz CT molecular complexity index is 933. The van der Waals surface area contributed by atoms with Crippen LogP contribution in [0.2, 0.25) is 10.0 Å². The van der Waals surface area contributed by atoms with Crippen molar-refractivity contribution in [2.75, 3.05) is 23.4 Å². The van der Waals surface area contributed by atoms with Gasteiger partial charge in [-0.25, -0.2) is 0 Å². The number of hydrogen-bond donors (Lipinski definition) is 1. The van der Waals surface area contributed by atoms with Crippen LogP contribution < -0.4 is 19.7 Å². The van der Waals surface area contributed by atoms with Crippen molar-refractivity contribution in [2.24, 2.45) is 5.92 Å². The summed E-state index contributed by atoms with van der Waals surface area (Å²) in [7, 11) is 0. The number of nitrogens with one attached hydrogen (secondary N) is 1. The molecule has 0 aliphatic carbocycles. The smallest absolute Gasteiger partial charge is 0.265 e. The lowest BCUT2D eigenvalue weighted by Crippen LogP contribution is -2.41. The van der Waals surface area contributed by atoms with E-state index < -0.39 is 6.10 Å². The van der Waals surface area contributed by atoms with Crippen LogP contribution in [-0.2, 0) is 9.59 Å². The number of carbonyl (C=O) groups excluding carboxylic acids is 2. The van der Waals surface area contributed by atoms with Crippen LogP contribution in [0.25, 0.3) is 0 Å². The van der Waals surface area contributed by atoms with E-state index in [2.05, 4.69) is 5.32 Å². The van der Waals surface area contributed by atoms with Gasteiger partial charge in [0.25, 0.3) is 11.8 Å². The lowest BCUT2D eigenvalue weighted by Gasteiger charge is -2.31. The van der Waals surface area contributed by atoms with E-state index in [0.717, 1.165) is 0 Å². The van der Waals surface area contributed by atoms with Gasteiger partial charge in [0.05, 0.1) is 10.7 Å².